The molecule has 0 aromatic carbocycles. The summed E-state index contributed by atoms with van der Waals surface area (Å²) in [5.41, 5.74) is 6.38. The van der Waals surface area contributed by atoms with Crippen molar-refractivity contribution in [1.29, 1.82) is 0 Å². The summed E-state index contributed by atoms with van der Waals surface area (Å²) in [4.78, 5) is 32.1. The Morgan fingerprint density at radius 1 is 1.30 bits per heavy atom. The van der Waals surface area contributed by atoms with E-state index in [4.69, 9.17) is 5.73 Å². The van der Waals surface area contributed by atoms with Crippen molar-refractivity contribution in [2.45, 2.75) is 20.3 Å². The maximum Gasteiger partial charge on any atom is 0.319 e. The molecule has 3 rings (SSSR count). The zero-order chi connectivity index (χ0) is 19.4. The summed E-state index contributed by atoms with van der Waals surface area (Å²) in [6, 6.07) is 3.70. The lowest BCUT2D eigenvalue weighted by atomic mass is 10.2. The normalized spacial score (nSPS) is 23.3. The summed E-state index contributed by atoms with van der Waals surface area (Å²) in [6.45, 7) is 7.95. The zero-order valence-electron chi connectivity index (χ0n) is 16.1. The van der Waals surface area contributed by atoms with E-state index in [-0.39, 0.29) is 11.9 Å². The molecular formula is C20H29N5O2. The van der Waals surface area contributed by atoms with Gasteiger partial charge in [-0.05, 0) is 61.8 Å². The number of carbonyl (C=O) groups excluding carboxylic acids is 2. The summed E-state index contributed by atoms with van der Waals surface area (Å²) < 4.78 is 0. The fourth-order valence-electron chi connectivity index (χ4n) is 4.04. The summed E-state index contributed by atoms with van der Waals surface area (Å²) in [6.07, 6.45) is 5.86. The van der Waals surface area contributed by atoms with Gasteiger partial charge in [-0.3, -0.25) is 4.79 Å². The first-order valence-corrected chi connectivity index (χ1v) is 9.74. The van der Waals surface area contributed by atoms with Crippen molar-refractivity contribution < 1.29 is 9.59 Å². The Bertz CT molecular complexity index is 687. The van der Waals surface area contributed by atoms with Crippen molar-refractivity contribution in [3.05, 3.63) is 30.0 Å². The van der Waals surface area contributed by atoms with Crippen LogP contribution in [0.3, 0.4) is 0 Å². The Morgan fingerprint density at radius 3 is 2.59 bits per heavy atom. The fraction of sp³-hybridized carbons (Fsp3) is 0.550. The second kappa shape index (κ2) is 8.41. The van der Waals surface area contributed by atoms with Gasteiger partial charge in [-0.15, -0.1) is 0 Å². The number of hydrogen-bond acceptors (Lipinski definition) is 4. The number of rotatable bonds is 7. The molecule has 1 aromatic rings. The molecule has 1 aliphatic heterocycles. The van der Waals surface area contributed by atoms with Crippen molar-refractivity contribution in [2.75, 3.05) is 38.5 Å². The van der Waals surface area contributed by atoms with Crippen LogP contribution < -0.4 is 11.1 Å². The molecule has 2 heterocycles. The molecule has 146 valence electrons. The number of pyridine rings is 1. The average molecular weight is 371 g/mol. The lowest BCUT2D eigenvalue weighted by Gasteiger charge is -2.27. The van der Waals surface area contributed by atoms with Gasteiger partial charge in [0, 0.05) is 45.0 Å². The van der Waals surface area contributed by atoms with Gasteiger partial charge in [0.25, 0.3) is 0 Å². The van der Waals surface area contributed by atoms with Crippen LogP contribution in [-0.4, -0.2) is 59.4 Å². The van der Waals surface area contributed by atoms with Crippen LogP contribution in [0.15, 0.2) is 24.4 Å². The first-order chi connectivity index (χ1) is 13.0. The van der Waals surface area contributed by atoms with Crippen LogP contribution >= 0.6 is 0 Å². The van der Waals surface area contributed by atoms with Gasteiger partial charge < -0.3 is 20.9 Å². The maximum atomic E-state index is 12.4. The largest absolute Gasteiger partial charge is 0.384 e. The lowest BCUT2D eigenvalue weighted by molar-refractivity contribution is -0.116. The van der Waals surface area contributed by atoms with Crippen molar-refractivity contribution >= 4 is 23.8 Å². The molecule has 1 saturated carbocycles. The third-order valence-corrected chi connectivity index (χ3v) is 5.69. The molecular weight excluding hydrogens is 342 g/mol. The number of anilines is 1. The van der Waals surface area contributed by atoms with Crippen molar-refractivity contribution in [1.82, 2.24) is 20.1 Å². The number of nitrogens with two attached hydrogens (primary N) is 1. The average Bonchev–Trinajstić information content (AvgIpc) is 3.11. The highest BCUT2D eigenvalue weighted by molar-refractivity contribution is 5.91. The highest BCUT2D eigenvalue weighted by Crippen LogP contribution is 2.53. The van der Waals surface area contributed by atoms with E-state index in [9.17, 15) is 9.59 Å². The number of fused-ring (bicyclic) bond motifs is 1. The molecule has 2 fully saturated rings. The topological polar surface area (TPSA) is 91.6 Å². The first kappa shape index (κ1) is 19.2. The highest BCUT2D eigenvalue weighted by atomic mass is 16.2. The Labute approximate surface area is 160 Å². The molecule has 7 heteroatoms. The van der Waals surface area contributed by atoms with Gasteiger partial charge in [-0.25, -0.2) is 9.78 Å². The van der Waals surface area contributed by atoms with E-state index in [2.05, 4.69) is 10.3 Å². The number of nitrogen functional groups attached to an aromatic ring is 1. The van der Waals surface area contributed by atoms with Gasteiger partial charge in [-0.2, -0.15) is 0 Å². The number of piperidine rings is 1. The third-order valence-electron chi connectivity index (χ3n) is 5.69. The maximum absolute atomic E-state index is 12.4. The number of aromatic nitrogens is 1. The van der Waals surface area contributed by atoms with Gasteiger partial charge in [0.05, 0.1) is 0 Å². The van der Waals surface area contributed by atoms with E-state index in [0.29, 0.717) is 30.1 Å². The molecule has 1 aliphatic carbocycles. The van der Waals surface area contributed by atoms with Crippen LogP contribution in [0.25, 0.3) is 6.08 Å². The molecule has 0 radical (unpaired) electrons. The number of hydrogen-bond donors (Lipinski definition) is 2. The Hall–Kier alpha value is -2.57. The van der Waals surface area contributed by atoms with E-state index in [1.807, 2.05) is 29.7 Å². The SMILES string of the molecule is CCN(CC)C(=O)N1C[C@@H]2[C@@H](CCNC(=O)/C=C/c3ccc(N)nc3)[C@@H]2C1. The molecule has 0 spiro atoms. The number of nitrogens with zero attached hydrogens (tertiary/aromatic N) is 3. The quantitative estimate of drug-likeness (QED) is 0.715. The molecule has 0 bridgehead atoms. The summed E-state index contributed by atoms with van der Waals surface area (Å²) in [7, 11) is 0. The Kier molecular flexibility index (Phi) is 5.98. The van der Waals surface area contributed by atoms with Gasteiger partial charge in [0.2, 0.25) is 5.91 Å². The van der Waals surface area contributed by atoms with Crippen molar-refractivity contribution in [3.63, 3.8) is 0 Å². The van der Waals surface area contributed by atoms with E-state index >= 15 is 0 Å². The van der Waals surface area contributed by atoms with Gasteiger partial charge in [0.1, 0.15) is 5.82 Å². The summed E-state index contributed by atoms with van der Waals surface area (Å²) in [5.74, 6) is 2.21. The van der Waals surface area contributed by atoms with Crippen LogP contribution in [0.2, 0.25) is 0 Å². The minimum Gasteiger partial charge on any atom is -0.384 e. The number of likely N-dealkylation sites (tertiary alicyclic amines) is 1. The molecule has 3 atom stereocenters. The van der Waals surface area contributed by atoms with E-state index in [0.717, 1.165) is 38.2 Å². The minimum absolute atomic E-state index is 0.101. The zero-order valence-corrected chi connectivity index (χ0v) is 16.1. The third kappa shape index (κ3) is 4.59. The van der Waals surface area contributed by atoms with Gasteiger partial charge >= 0.3 is 6.03 Å². The van der Waals surface area contributed by atoms with Crippen LogP contribution in [0.5, 0.6) is 0 Å². The van der Waals surface area contributed by atoms with Crippen LogP contribution in [0.4, 0.5) is 10.6 Å². The second-order valence-electron chi connectivity index (χ2n) is 7.28. The lowest BCUT2D eigenvalue weighted by Crippen LogP contribution is -2.43. The van der Waals surface area contributed by atoms with E-state index in [1.54, 1.807) is 18.3 Å². The molecule has 3 amide bonds. The van der Waals surface area contributed by atoms with Crippen LogP contribution in [0.1, 0.15) is 25.8 Å². The van der Waals surface area contributed by atoms with Crippen LogP contribution in [0, 0.1) is 17.8 Å². The smallest absolute Gasteiger partial charge is 0.319 e. The Balaban J connectivity index is 1.34. The fourth-order valence-corrected chi connectivity index (χ4v) is 4.04. The molecule has 2 aliphatic rings. The van der Waals surface area contributed by atoms with Gasteiger partial charge in [-0.1, -0.05) is 0 Å². The molecule has 3 N–H and O–H groups in total. The second-order valence-corrected chi connectivity index (χ2v) is 7.28. The number of amides is 3. The standard InChI is InChI=1S/C20H29N5O2/c1-3-24(4-2)20(27)25-12-16-15(17(16)13-25)9-10-22-19(26)8-6-14-5-7-18(21)23-11-14/h5-8,11,15-17H,3-4,9-10,12-13H2,1-2H3,(H2,21,23)(H,22,26)/b8-6+/t15-,16-,17+. The van der Waals surface area contributed by atoms with Crippen LogP contribution in [-0.2, 0) is 4.79 Å². The monoisotopic (exact) mass is 371 g/mol. The predicted molar refractivity (Wildman–Crippen MR) is 106 cm³/mol. The van der Waals surface area contributed by atoms with Crippen molar-refractivity contribution in [3.8, 4) is 0 Å². The summed E-state index contributed by atoms with van der Waals surface area (Å²) in [5, 5.41) is 2.94. The minimum atomic E-state index is -0.101. The van der Waals surface area contributed by atoms with Gasteiger partial charge in [0.15, 0.2) is 0 Å². The Morgan fingerprint density at radius 2 is 2.00 bits per heavy atom. The van der Waals surface area contributed by atoms with Crippen molar-refractivity contribution in [2.24, 2.45) is 17.8 Å². The van der Waals surface area contributed by atoms with E-state index < -0.39 is 0 Å². The molecule has 7 nitrogen and oxygen atoms in total. The molecule has 0 unspecified atom stereocenters. The predicted octanol–water partition coefficient (Wildman–Crippen LogP) is 1.82. The molecule has 1 aromatic heterocycles. The number of nitrogens with one attached hydrogen (secondary N) is 1. The number of urea groups is 1. The molecule has 1 saturated heterocycles. The van der Waals surface area contributed by atoms with E-state index in [1.165, 1.54) is 6.08 Å². The highest BCUT2D eigenvalue weighted by Gasteiger charge is 2.56. The first-order valence-electron chi connectivity index (χ1n) is 9.74. The number of carbonyl (C=O) groups is 2. The summed E-state index contributed by atoms with van der Waals surface area (Å²) >= 11 is 0. The molecule has 27 heavy (non-hydrogen) atoms.